The topological polar surface area (TPSA) is 40.5 Å². The van der Waals surface area contributed by atoms with Gasteiger partial charge in [-0.3, -0.25) is 0 Å². The standard InChI is InChI=1S/C31H20ClFO2/c32-18-10-11-21(27(33)14-18)22-13-17-9-12-28(34)23-15-31(16-24(29(17)23)30(22)35)25-7-3-1-5-19(25)20-6-2-4-8-26(20)31/h1-14,34-35H,15-16H2. The van der Waals surface area contributed by atoms with Crippen LogP contribution in [-0.2, 0) is 18.3 Å². The van der Waals surface area contributed by atoms with Gasteiger partial charge >= 0.3 is 0 Å². The fraction of sp³-hybridized carbons (Fsp3) is 0.0968. The number of hydrogen-bond acceptors (Lipinski definition) is 2. The maximum atomic E-state index is 15.0. The molecule has 0 aromatic heterocycles. The largest absolute Gasteiger partial charge is 0.508 e. The predicted molar refractivity (Wildman–Crippen MR) is 138 cm³/mol. The second-order valence-corrected chi connectivity index (χ2v) is 10.0. The average molecular weight is 479 g/mol. The van der Waals surface area contributed by atoms with E-state index in [0.29, 0.717) is 29.0 Å². The summed E-state index contributed by atoms with van der Waals surface area (Å²) in [7, 11) is 0. The maximum Gasteiger partial charge on any atom is 0.132 e. The van der Waals surface area contributed by atoms with Gasteiger partial charge in [-0.1, -0.05) is 66.2 Å². The Kier molecular flexibility index (Phi) is 4.16. The van der Waals surface area contributed by atoms with Crippen LogP contribution in [0.1, 0.15) is 22.3 Å². The van der Waals surface area contributed by atoms with Crippen molar-refractivity contribution in [1.82, 2.24) is 0 Å². The zero-order valence-electron chi connectivity index (χ0n) is 18.6. The third kappa shape index (κ3) is 2.70. The van der Waals surface area contributed by atoms with Gasteiger partial charge in [-0.2, -0.15) is 0 Å². The Hall–Kier alpha value is -3.82. The molecule has 2 N–H and O–H groups in total. The molecular formula is C31H20ClFO2. The van der Waals surface area contributed by atoms with Crippen molar-refractivity contribution in [1.29, 1.82) is 0 Å². The Morgan fingerprint density at radius 2 is 1.34 bits per heavy atom. The number of benzene rings is 5. The van der Waals surface area contributed by atoms with Crippen molar-refractivity contribution in [3.8, 4) is 33.8 Å². The van der Waals surface area contributed by atoms with E-state index in [2.05, 4.69) is 24.3 Å². The molecule has 0 saturated heterocycles. The van der Waals surface area contributed by atoms with Crippen molar-refractivity contribution in [2.75, 3.05) is 0 Å². The number of halogens is 2. The van der Waals surface area contributed by atoms with Crippen molar-refractivity contribution >= 4 is 22.4 Å². The lowest BCUT2D eigenvalue weighted by Gasteiger charge is -2.38. The molecule has 0 aliphatic heterocycles. The lowest BCUT2D eigenvalue weighted by Crippen LogP contribution is -2.34. The van der Waals surface area contributed by atoms with Gasteiger partial charge in [0.1, 0.15) is 17.3 Å². The molecule has 7 rings (SSSR count). The van der Waals surface area contributed by atoms with Gasteiger partial charge in [0.15, 0.2) is 0 Å². The predicted octanol–water partition coefficient (Wildman–Crippen LogP) is 7.78. The van der Waals surface area contributed by atoms with E-state index in [1.54, 1.807) is 24.3 Å². The van der Waals surface area contributed by atoms with E-state index >= 15 is 0 Å². The van der Waals surface area contributed by atoms with Gasteiger partial charge in [-0.15, -0.1) is 0 Å². The highest BCUT2D eigenvalue weighted by Gasteiger charge is 2.47. The first-order valence-corrected chi connectivity index (χ1v) is 12.0. The number of rotatable bonds is 1. The van der Waals surface area contributed by atoms with Crippen molar-refractivity contribution in [3.63, 3.8) is 0 Å². The molecule has 2 aliphatic carbocycles. The van der Waals surface area contributed by atoms with Gasteiger partial charge in [-0.05, 0) is 76.2 Å². The summed E-state index contributed by atoms with van der Waals surface area (Å²) < 4.78 is 15.0. The van der Waals surface area contributed by atoms with Crippen molar-refractivity contribution in [3.05, 3.63) is 118 Å². The van der Waals surface area contributed by atoms with Crippen LogP contribution in [0.15, 0.2) is 84.9 Å². The Labute approximate surface area is 206 Å². The fourth-order valence-electron chi connectivity index (χ4n) is 6.36. The zero-order chi connectivity index (χ0) is 23.9. The van der Waals surface area contributed by atoms with Gasteiger partial charge < -0.3 is 10.2 Å². The molecule has 0 bridgehead atoms. The molecule has 2 nitrogen and oxygen atoms in total. The van der Waals surface area contributed by atoms with Gasteiger partial charge in [0.2, 0.25) is 0 Å². The minimum atomic E-state index is -0.486. The molecule has 1 spiro atoms. The smallest absolute Gasteiger partial charge is 0.132 e. The zero-order valence-corrected chi connectivity index (χ0v) is 19.4. The Balaban J connectivity index is 1.56. The molecule has 0 atom stereocenters. The summed E-state index contributed by atoms with van der Waals surface area (Å²) in [6.07, 6.45) is 1.16. The summed E-state index contributed by atoms with van der Waals surface area (Å²) in [5.74, 6) is -0.226. The van der Waals surface area contributed by atoms with E-state index < -0.39 is 11.2 Å². The second-order valence-electron chi connectivity index (χ2n) is 9.56. The minimum Gasteiger partial charge on any atom is -0.508 e. The van der Waals surface area contributed by atoms with Crippen LogP contribution in [0.25, 0.3) is 33.0 Å². The van der Waals surface area contributed by atoms with E-state index in [9.17, 15) is 14.6 Å². The normalized spacial score (nSPS) is 14.8. The van der Waals surface area contributed by atoms with Crippen LogP contribution >= 0.6 is 11.6 Å². The number of aromatic hydroxyl groups is 2. The minimum absolute atomic E-state index is 0.0477. The first-order chi connectivity index (χ1) is 17.0. The molecule has 5 aromatic carbocycles. The van der Waals surface area contributed by atoms with Gasteiger partial charge in [0, 0.05) is 32.7 Å². The van der Waals surface area contributed by atoms with Crippen LogP contribution in [0, 0.1) is 5.82 Å². The Morgan fingerprint density at radius 1 is 0.686 bits per heavy atom. The average Bonchev–Trinajstić information content (AvgIpc) is 3.13. The first-order valence-electron chi connectivity index (χ1n) is 11.6. The molecule has 0 heterocycles. The van der Waals surface area contributed by atoms with Crippen LogP contribution in [0.3, 0.4) is 0 Å². The van der Waals surface area contributed by atoms with E-state index in [1.165, 1.54) is 28.3 Å². The molecule has 2 aliphatic rings. The molecule has 0 unspecified atom stereocenters. The molecule has 35 heavy (non-hydrogen) atoms. The van der Waals surface area contributed by atoms with Crippen LogP contribution in [0.5, 0.6) is 11.5 Å². The monoisotopic (exact) mass is 478 g/mol. The van der Waals surface area contributed by atoms with Crippen molar-refractivity contribution in [2.45, 2.75) is 18.3 Å². The van der Waals surface area contributed by atoms with Crippen molar-refractivity contribution in [2.24, 2.45) is 0 Å². The highest BCUT2D eigenvalue weighted by atomic mass is 35.5. The van der Waals surface area contributed by atoms with Gasteiger partial charge in [-0.25, -0.2) is 4.39 Å². The molecule has 5 aromatic rings. The van der Waals surface area contributed by atoms with E-state index in [4.69, 9.17) is 11.6 Å². The lowest BCUT2D eigenvalue weighted by atomic mass is 9.65. The first kappa shape index (κ1) is 20.5. The van der Waals surface area contributed by atoms with Crippen LogP contribution < -0.4 is 0 Å². The Morgan fingerprint density at radius 3 is 2.03 bits per heavy atom. The summed E-state index contributed by atoms with van der Waals surface area (Å²) in [5, 5.41) is 24.7. The SMILES string of the molecule is Oc1ccc2cc(-c3ccc(Cl)cc3F)c(O)c3c2c1CC1(C3)c2ccccc2-c2ccccc21. The summed E-state index contributed by atoms with van der Waals surface area (Å²) in [4.78, 5) is 0. The molecule has 0 fully saturated rings. The highest BCUT2D eigenvalue weighted by molar-refractivity contribution is 6.30. The molecule has 4 heteroatoms. The number of fused-ring (bicyclic) bond motifs is 5. The fourth-order valence-corrected chi connectivity index (χ4v) is 6.52. The van der Waals surface area contributed by atoms with E-state index in [0.717, 1.165) is 21.9 Å². The third-order valence-corrected chi connectivity index (χ3v) is 8.05. The van der Waals surface area contributed by atoms with E-state index in [-0.39, 0.29) is 11.5 Å². The Bertz CT molecular complexity index is 1660. The van der Waals surface area contributed by atoms with Crippen molar-refractivity contribution < 1.29 is 14.6 Å². The summed E-state index contributed by atoms with van der Waals surface area (Å²) >= 11 is 5.99. The molecular weight excluding hydrogens is 459 g/mol. The maximum absolute atomic E-state index is 15.0. The number of hydrogen-bond donors (Lipinski definition) is 2. The van der Waals surface area contributed by atoms with E-state index in [1.807, 2.05) is 30.3 Å². The molecule has 170 valence electrons. The van der Waals surface area contributed by atoms with Crippen LogP contribution in [0.2, 0.25) is 5.02 Å². The number of phenols is 2. The summed E-state index contributed by atoms with van der Waals surface area (Å²) in [6.45, 7) is 0. The molecule has 0 amide bonds. The molecule has 0 radical (unpaired) electrons. The third-order valence-electron chi connectivity index (χ3n) is 7.82. The quantitative estimate of drug-likeness (QED) is 0.258. The highest BCUT2D eigenvalue weighted by Crippen LogP contribution is 2.57. The van der Waals surface area contributed by atoms with Gasteiger partial charge in [0.25, 0.3) is 0 Å². The molecule has 0 saturated carbocycles. The van der Waals surface area contributed by atoms with Crippen LogP contribution in [0.4, 0.5) is 4.39 Å². The van der Waals surface area contributed by atoms with Gasteiger partial charge in [0.05, 0.1) is 0 Å². The lowest BCUT2D eigenvalue weighted by molar-refractivity contribution is 0.434. The number of phenolic OH excluding ortho intramolecular Hbond substituents is 2. The summed E-state index contributed by atoms with van der Waals surface area (Å²) in [6, 6.07) is 26.6. The summed E-state index contributed by atoms with van der Waals surface area (Å²) in [5.41, 5.74) is 6.55. The second kappa shape index (κ2) is 7.10. The van der Waals surface area contributed by atoms with Crippen LogP contribution in [-0.4, -0.2) is 10.2 Å².